The molecule has 17 heavy (non-hydrogen) atoms. The third kappa shape index (κ3) is 1.94. The second-order valence-electron chi connectivity index (χ2n) is 4.63. The van der Waals surface area contributed by atoms with E-state index in [0.717, 1.165) is 0 Å². The number of carbonyl (C=O) groups is 1. The predicted octanol–water partition coefficient (Wildman–Crippen LogP) is 1.23. The standard InChI is InChI=1S/C11H14FN3O2/c1-7-8(12)9(14-6-13-7)15-4-3-11(2,5-15)10(16)17/h6H,3-5H2,1-2H3,(H,16,17). The molecule has 1 unspecified atom stereocenters. The van der Waals surface area contributed by atoms with Gasteiger partial charge < -0.3 is 10.0 Å². The highest BCUT2D eigenvalue weighted by Gasteiger charge is 2.41. The Labute approximate surface area is 98.3 Å². The molecule has 1 aromatic rings. The minimum atomic E-state index is -0.855. The highest BCUT2D eigenvalue weighted by Crippen LogP contribution is 2.33. The fourth-order valence-electron chi connectivity index (χ4n) is 1.98. The molecule has 0 radical (unpaired) electrons. The SMILES string of the molecule is Cc1ncnc(N2CCC(C)(C(=O)O)C2)c1F. The number of halogens is 1. The Bertz CT molecular complexity index is 466. The Kier molecular flexibility index (Phi) is 2.73. The molecule has 1 atom stereocenters. The highest BCUT2D eigenvalue weighted by molar-refractivity contribution is 5.76. The highest BCUT2D eigenvalue weighted by atomic mass is 19.1. The summed E-state index contributed by atoms with van der Waals surface area (Å²) in [5, 5.41) is 9.11. The third-order valence-electron chi connectivity index (χ3n) is 3.23. The van der Waals surface area contributed by atoms with Crippen molar-refractivity contribution >= 4 is 11.8 Å². The van der Waals surface area contributed by atoms with Crippen LogP contribution in [-0.4, -0.2) is 34.1 Å². The topological polar surface area (TPSA) is 66.3 Å². The lowest BCUT2D eigenvalue weighted by atomic mass is 9.90. The maximum atomic E-state index is 13.8. The maximum absolute atomic E-state index is 13.8. The zero-order valence-electron chi connectivity index (χ0n) is 9.77. The number of nitrogens with zero attached hydrogens (tertiary/aromatic N) is 3. The number of carboxylic acid groups (broad SMARTS) is 1. The molecule has 2 heterocycles. The molecule has 6 heteroatoms. The first-order chi connectivity index (χ1) is 7.94. The maximum Gasteiger partial charge on any atom is 0.311 e. The molecule has 1 aliphatic heterocycles. The number of carboxylic acids is 1. The summed E-state index contributed by atoms with van der Waals surface area (Å²) < 4.78 is 13.8. The van der Waals surface area contributed by atoms with E-state index in [9.17, 15) is 9.18 Å². The smallest absolute Gasteiger partial charge is 0.311 e. The Morgan fingerprint density at radius 1 is 1.59 bits per heavy atom. The lowest BCUT2D eigenvalue weighted by Gasteiger charge is -2.21. The molecule has 0 bridgehead atoms. The molecular weight excluding hydrogens is 225 g/mol. The molecule has 1 aliphatic rings. The summed E-state index contributed by atoms with van der Waals surface area (Å²) in [5.74, 6) is -1.13. The summed E-state index contributed by atoms with van der Waals surface area (Å²) in [4.78, 5) is 20.4. The molecule has 92 valence electrons. The van der Waals surface area contributed by atoms with Crippen LogP contribution in [-0.2, 0) is 4.79 Å². The van der Waals surface area contributed by atoms with Crippen molar-refractivity contribution in [1.82, 2.24) is 9.97 Å². The first-order valence-electron chi connectivity index (χ1n) is 5.39. The lowest BCUT2D eigenvalue weighted by molar-refractivity contribution is -0.146. The third-order valence-corrected chi connectivity index (χ3v) is 3.23. The van der Waals surface area contributed by atoms with Gasteiger partial charge in [0, 0.05) is 13.1 Å². The Hall–Kier alpha value is -1.72. The molecule has 1 aromatic heterocycles. The summed E-state index contributed by atoms with van der Waals surface area (Å²) in [5.41, 5.74) is -0.551. The molecule has 0 aliphatic carbocycles. The van der Waals surface area contributed by atoms with Gasteiger partial charge in [-0.25, -0.2) is 14.4 Å². The molecule has 0 saturated carbocycles. The molecular formula is C11H14FN3O2. The molecule has 1 fully saturated rings. The van der Waals surface area contributed by atoms with Crippen LogP contribution in [0.15, 0.2) is 6.33 Å². The summed E-state index contributed by atoms with van der Waals surface area (Å²) in [7, 11) is 0. The van der Waals surface area contributed by atoms with Crippen LogP contribution in [0.5, 0.6) is 0 Å². The number of aryl methyl sites for hydroxylation is 1. The summed E-state index contributed by atoms with van der Waals surface area (Å²) >= 11 is 0. The molecule has 0 amide bonds. The first-order valence-corrected chi connectivity index (χ1v) is 5.39. The largest absolute Gasteiger partial charge is 0.481 e. The van der Waals surface area contributed by atoms with Crippen molar-refractivity contribution in [2.75, 3.05) is 18.0 Å². The van der Waals surface area contributed by atoms with Crippen molar-refractivity contribution < 1.29 is 14.3 Å². The number of aromatic nitrogens is 2. The van der Waals surface area contributed by atoms with E-state index in [4.69, 9.17) is 5.11 Å². The van der Waals surface area contributed by atoms with Gasteiger partial charge in [-0.3, -0.25) is 4.79 Å². The average Bonchev–Trinajstić information content (AvgIpc) is 2.66. The molecule has 0 spiro atoms. The van der Waals surface area contributed by atoms with Crippen LogP contribution in [0, 0.1) is 18.2 Å². The minimum Gasteiger partial charge on any atom is -0.481 e. The van der Waals surface area contributed by atoms with Crippen molar-refractivity contribution in [3.63, 3.8) is 0 Å². The van der Waals surface area contributed by atoms with Crippen LogP contribution in [0.25, 0.3) is 0 Å². The van der Waals surface area contributed by atoms with Crippen molar-refractivity contribution in [2.45, 2.75) is 20.3 Å². The van der Waals surface area contributed by atoms with Crippen molar-refractivity contribution in [2.24, 2.45) is 5.41 Å². The second kappa shape index (κ2) is 3.94. The molecule has 1 saturated heterocycles. The monoisotopic (exact) mass is 239 g/mol. The Morgan fingerprint density at radius 3 is 2.88 bits per heavy atom. The molecule has 1 N–H and O–H groups in total. The van der Waals surface area contributed by atoms with Gasteiger partial charge in [0.15, 0.2) is 11.6 Å². The quantitative estimate of drug-likeness (QED) is 0.840. The van der Waals surface area contributed by atoms with E-state index in [0.29, 0.717) is 13.0 Å². The van der Waals surface area contributed by atoms with Gasteiger partial charge in [0.25, 0.3) is 0 Å². The van der Waals surface area contributed by atoms with E-state index < -0.39 is 17.2 Å². The molecule has 0 aromatic carbocycles. The minimum absolute atomic E-state index is 0.197. The van der Waals surface area contributed by atoms with Gasteiger partial charge in [-0.05, 0) is 20.3 Å². The van der Waals surface area contributed by atoms with Crippen molar-refractivity contribution in [3.8, 4) is 0 Å². The van der Waals surface area contributed by atoms with Crippen LogP contribution in [0.2, 0.25) is 0 Å². The van der Waals surface area contributed by atoms with Gasteiger partial charge in [-0.2, -0.15) is 0 Å². The normalized spacial score (nSPS) is 24.1. The average molecular weight is 239 g/mol. The van der Waals surface area contributed by atoms with E-state index in [1.54, 1.807) is 18.7 Å². The van der Waals surface area contributed by atoms with E-state index in [1.165, 1.54) is 6.33 Å². The molecule has 2 rings (SSSR count). The summed E-state index contributed by atoms with van der Waals surface area (Å²) in [6.07, 6.45) is 1.79. The van der Waals surface area contributed by atoms with Crippen LogP contribution in [0.4, 0.5) is 10.2 Å². The summed E-state index contributed by atoms with van der Waals surface area (Å²) in [6.45, 7) is 4.00. The number of hydrogen-bond acceptors (Lipinski definition) is 4. The number of anilines is 1. The second-order valence-corrected chi connectivity index (χ2v) is 4.63. The van der Waals surface area contributed by atoms with Gasteiger partial charge in [-0.15, -0.1) is 0 Å². The van der Waals surface area contributed by atoms with Gasteiger partial charge in [0.2, 0.25) is 0 Å². The van der Waals surface area contributed by atoms with Crippen LogP contribution in [0.1, 0.15) is 19.0 Å². The van der Waals surface area contributed by atoms with Gasteiger partial charge >= 0.3 is 5.97 Å². The predicted molar refractivity (Wildman–Crippen MR) is 59.3 cm³/mol. The number of hydrogen-bond donors (Lipinski definition) is 1. The number of rotatable bonds is 2. The fraction of sp³-hybridized carbons (Fsp3) is 0.545. The van der Waals surface area contributed by atoms with Crippen molar-refractivity contribution in [3.05, 3.63) is 17.8 Å². The zero-order valence-corrected chi connectivity index (χ0v) is 9.77. The van der Waals surface area contributed by atoms with E-state index in [-0.39, 0.29) is 18.1 Å². The summed E-state index contributed by atoms with van der Waals surface area (Å²) in [6, 6.07) is 0. The van der Waals surface area contributed by atoms with Crippen LogP contribution in [0.3, 0.4) is 0 Å². The van der Waals surface area contributed by atoms with E-state index in [2.05, 4.69) is 9.97 Å². The first kappa shape index (κ1) is 11.8. The Balaban J connectivity index is 2.27. The van der Waals surface area contributed by atoms with Crippen molar-refractivity contribution in [1.29, 1.82) is 0 Å². The van der Waals surface area contributed by atoms with E-state index in [1.807, 2.05) is 0 Å². The fourth-order valence-corrected chi connectivity index (χ4v) is 1.98. The van der Waals surface area contributed by atoms with Crippen LogP contribution < -0.4 is 4.90 Å². The number of aliphatic carboxylic acids is 1. The Morgan fingerprint density at radius 2 is 2.29 bits per heavy atom. The lowest BCUT2D eigenvalue weighted by Crippen LogP contribution is -2.32. The van der Waals surface area contributed by atoms with Gasteiger partial charge in [-0.1, -0.05) is 0 Å². The molecule has 5 nitrogen and oxygen atoms in total. The van der Waals surface area contributed by atoms with Crippen LogP contribution >= 0.6 is 0 Å². The van der Waals surface area contributed by atoms with E-state index >= 15 is 0 Å². The van der Waals surface area contributed by atoms with Gasteiger partial charge in [0.1, 0.15) is 6.33 Å². The zero-order chi connectivity index (χ0) is 12.6. The van der Waals surface area contributed by atoms with Gasteiger partial charge in [0.05, 0.1) is 11.1 Å².